The molecule has 0 aliphatic carbocycles. The lowest BCUT2D eigenvalue weighted by Gasteiger charge is -2.10. The molecule has 0 aromatic heterocycles. The SMILES string of the molecule is O=C(/C=C\c1ccc(OCC2CO2)c(F)c1)Oc1ccc(OC(=O)/C=C\c2ccc(OCC3CO3)c(F)c2)c(C(F)F)c1. The third-order valence-electron chi connectivity index (χ3n) is 6.04. The van der Waals surface area contributed by atoms with Crippen LogP contribution in [0.3, 0.4) is 0 Å². The van der Waals surface area contributed by atoms with E-state index in [2.05, 4.69) is 0 Å². The predicted molar refractivity (Wildman–Crippen MR) is 144 cm³/mol. The molecule has 12 heteroatoms. The van der Waals surface area contributed by atoms with Crippen LogP contribution in [0.4, 0.5) is 17.6 Å². The highest BCUT2D eigenvalue weighted by atomic mass is 19.3. The van der Waals surface area contributed by atoms with Gasteiger partial charge in [0.25, 0.3) is 6.43 Å². The van der Waals surface area contributed by atoms with E-state index in [0.717, 1.165) is 36.4 Å². The molecule has 3 aromatic rings. The number of alkyl halides is 2. The van der Waals surface area contributed by atoms with Gasteiger partial charge in [-0.3, -0.25) is 0 Å². The van der Waals surface area contributed by atoms with E-state index in [1.54, 1.807) is 0 Å². The highest BCUT2D eigenvalue weighted by molar-refractivity contribution is 5.90. The number of carbonyl (C=O) groups excluding carboxylic acids is 2. The van der Waals surface area contributed by atoms with Gasteiger partial charge in [0.05, 0.1) is 18.8 Å². The molecule has 0 amide bonds. The fraction of sp³-hybridized carbons (Fsp3) is 0.226. The zero-order chi connectivity index (χ0) is 30.3. The summed E-state index contributed by atoms with van der Waals surface area (Å²) in [6.07, 6.45) is 1.33. The molecular weight excluding hydrogens is 576 g/mol. The molecule has 0 N–H and O–H groups in total. The van der Waals surface area contributed by atoms with E-state index >= 15 is 0 Å². The van der Waals surface area contributed by atoms with Gasteiger partial charge in [-0.1, -0.05) is 12.1 Å². The first-order valence-corrected chi connectivity index (χ1v) is 13.0. The molecule has 0 radical (unpaired) electrons. The van der Waals surface area contributed by atoms with Crippen molar-refractivity contribution in [2.75, 3.05) is 26.4 Å². The zero-order valence-electron chi connectivity index (χ0n) is 22.3. The van der Waals surface area contributed by atoms with Gasteiger partial charge in [0.2, 0.25) is 0 Å². The van der Waals surface area contributed by atoms with E-state index in [1.807, 2.05) is 0 Å². The van der Waals surface area contributed by atoms with Gasteiger partial charge in [0, 0.05) is 12.2 Å². The summed E-state index contributed by atoms with van der Waals surface area (Å²) in [4.78, 5) is 24.5. The smallest absolute Gasteiger partial charge is 0.336 e. The molecule has 0 saturated carbocycles. The summed E-state index contributed by atoms with van der Waals surface area (Å²) >= 11 is 0. The molecule has 2 heterocycles. The third kappa shape index (κ3) is 8.90. The molecule has 224 valence electrons. The Morgan fingerprint density at radius 2 is 1.23 bits per heavy atom. The summed E-state index contributed by atoms with van der Waals surface area (Å²) in [5, 5.41) is 0. The summed E-state index contributed by atoms with van der Waals surface area (Å²) in [7, 11) is 0. The number of carbonyl (C=O) groups is 2. The van der Waals surface area contributed by atoms with E-state index in [4.69, 9.17) is 28.4 Å². The van der Waals surface area contributed by atoms with E-state index in [9.17, 15) is 27.2 Å². The van der Waals surface area contributed by atoms with Crippen LogP contribution in [0.25, 0.3) is 12.2 Å². The van der Waals surface area contributed by atoms with Gasteiger partial charge >= 0.3 is 11.9 Å². The van der Waals surface area contributed by atoms with Crippen LogP contribution in [0.1, 0.15) is 23.1 Å². The number of hydrogen-bond acceptors (Lipinski definition) is 8. The number of benzene rings is 3. The van der Waals surface area contributed by atoms with Crippen molar-refractivity contribution in [2.45, 2.75) is 18.6 Å². The van der Waals surface area contributed by atoms with Gasteiger partial charge in [-0.15, -0.1) is 0 Å². The number of hydrogen-bond donors (Lipinski definition) is 0. The van der Waals surface area contributed by atoms with Gasteiger partial charge in [-0.2, -0.15) is 0 Å². The van der Waals surface area contributed by atoms with Gasteiger partial charge in [-0.25, -0.2) is 27.2 Å². The first-order chi connectivity index (χ1) is 20.7. The zero-order valence-corrected chi connectivity index (χ0v) is 22.3. The van der Waals surface area contributed by atoms with Crippen molar-refractivity contribution < 1.29 is 55.6 Å². The van der Waals surface area contributed by atoms with Crippen LogP contribution in [-0.2, 0) is 19.1 Å². The summed E-state index contributed by atoms with van der Waals surface area (Å²) in [6.45, 7) is 1.59. The number of rotatable bonds is 13. The highest BCUT2D eigenvalue weighted by Gasteiger charge is 2.24. The van der Waals surface area contributed by atoms with Crippen molar-refractivity contribution in [2.24, 2.45) is 0 Å². The maximum absolute atomic E-state index is 14.2. The maximum atomic E-state index is 14.2. The minimum Gasteiger partial charge on any atom is -0.488 e. The van der Waals surface area contributed by atoms with Crippen molar-refractivity contribution in [3.63, 3.8) is 0 Å². The van der Waals surface area contributed by atoms with Crippen LogP contribution in [-0.4, -0.2) is 50.6 Å². The lowest BCUT2D eigenvalue weighted by Crippen LogP contribution is -2.08. The van der Waals surface area contributed by atoms with Gasteiger partial charge in [0.1, 0.15) is 36.9 Å². The maximum Gasteiger partial charge on any atom is 0.336 e. The van der Waals surface area contributed by atoms with Crippen LogP contribution in [0.5, 0.6) is 23.0 Å². The Kier molecular flexibility index (Phi) is 9.38. The van der Waals surface area contributed by atoms with Crippen molar-refractivity contribution in [3.05, 3.63) is 95.1 Å². The quantitative estimate of drug-likeness (QED) is 0.0812. The predicted octanol–water partition coefficient (Wildman–Crippen LogP) is 5.70. The van der Waals surface area contributed by atoms with Crippen molar-refractivity contribution >= 4 is 24.1 Å². The third-order valence-corrected chi connectivity index (χ3v) is 6.04. The number of halogens is 4. The molecule has 2 atom stereocenters. The second-order valence-corrected chi connectivity index (χ2v) is 9.42. The second-order valence-electron chi connectivity index (χ2n) is 9.42. The van der Waals surface area contributed by atoms with Gasteiger partial charge < -0.3 is 28.4 Å². The fourth-order valence-electron chi connectivity index (χ4n) is 3.64. The van der Waals surface area contributed by atoms with Gasteiger partial charge in [0.15, 0.2) is 23.1 Å². The largest absolute Gasteiger partial charge is 0.488 e. The number of ether oxygens (including phenoxy) is 6. The summed E-state index contributed by atoms with van der Waals surface area (Å²) in [5.41, 5.74) is -0.0502. The van der Waals surface area contributed by atoms with E-state index in [1.165, 1.54) is 42.5 Å². The van der Waals surface area contributed by atoms with Crippen molar-refractivity contribution in [3.8, 4) is 23.0 Å². The Morgan fingerprint density at radius 1 is 0.744 bits per heavy atom. The first-order valence-electron chi connectivity index (χ1n) is 13.0. The molecule has 3 aromatic carbocycles. The van der Waals surface area contributed by atoms with Crippen LogP contribution < -0.4 is 18.9 Å². The average Bonchev–Trinajstić information content (AvgIpc) is 3.91. The molecule has 2 saturated heterocycles. The summed E-state index contributed by atoms with van der Waals surface area (Å²) in [6, 6.07) is 11.2. The minimum absolute atomic E-state index is 0.0291. The monoisotopic (exact) mass is 600 g/mol. The summed E-state index contributed by atoms with van der Waals surface area (Å²) < 4.78 is 86.6. The van der Waals surface area contributed by atoms with Crippen LogP contribution in [0.15, 0.2) is 66.7 Å². The normalized spacial score (nSPS) is 17.3. The Hall–Kier alpha value is -4.68. The highest BCUT2D eigenvalue weighted by Crippen LogP contribution is 2.33. The Labute approximate surface area is 243 Å². The Morgan fingerprint density at radius 3 is 1.70 bits per heavy atom. The molecule has 2 aliphatic heterocycles. The Balaban J connectivity index is 1.16. The second kappa shape index (κ2) is 13.5. The molecule has 2 aliphatic rings. The Bertz CT molecular complexity index is 1550. The fourth-order valence-corrected chi connectivity index (χ4v) is 3.64. The lowest BCUT2D eigenvalue weighted by atomic mass is 10.2. The van der Waals surface area contributed by atoms with Crippen LogP contribution in [0.2, 0.25) is 0 Å². The number of esters is 2. The molecule has 2 fully saturated rings. The lowest BCUT2D eigenvalue weighted by molar-refractivity contribution is -0.130. The molecule has 0 bridgehead atoms. The average molecular weight is 601 g/mol. The van der Waals surface area contributed by atoms with Crippen molar-refractivity contribution in [1.82, 2.24) is 0 Å². The molecule has 8 nitrogen and oxygen atoms in total. The standard InChI is InChI=1S/C31H24F4O8/c32-24-11-18(1-6-27(24)40-16-21-14-38-21)3-9-29(36)42-20-5-8-26(23(13-20)31(34)35)43-30(37)10-4-19-2-7-28(25(33)12-19)41-17-22-15-39-22/h1-13,21-22,31H,14-17H2/b9-3-,10-4-. The molecular formula is C31H24F4O8. The molecule has 5 rings (SSSR count). The van der Waals surface area contributed by atoms with Crippen LogP contribution in [0, 0.1) is 11.6 Å². The molecule has 0 spiro atoms. The molecule has 43 heavy (non-hydrogen) atoms. The first kappa shape index (κ1) is 29.8. The van der Waals surface area contributed by atoms with E-state index in [-0.39, 0.29) is 42.7 Å². The van der Waals surface area contributed by atoms with E-state index < -0.39 is 41.3 Å². The number of epoxide rings is 2. The molecule has 2 unspecified atom stereocenters. The topological polar surface area (TPSA) is 96.1 Å². The van der Waals surface area contributed by atoms with Crippen molar-refractivity contribution in [1.29, 1.82) is 0 Å². The van der Waals surface area contributed by atoms with E-state index in [0.29, 0.717) is 24.3 Å². The minimum atomic E-state index is -3.07. The van der Waals surface area contributed by atoms with Crippen LogP contribution >= 0.6 is 0 Å². The van der Waals surface area contributed by atoms with Gasteiger partial charge in [-0.05, 0) is 65.7 Å². The summed E-state index contributed by atoms with van der Waals surface area (Å²) in [5.74, 6) is -3.81.